The van der Waals surface area contributed by atoms with E-state index < -0.39 is 0 Å². The van der Waals surface area contributed by atoms with Crippen LogP contribution in [-0.4, -0.2) is 28.0 Å². The lowest BCUT2D eigenvalue weighted by atomic mass is 10.1. The van der Waals surface area contributed by atoms with Gasteiger partial charge < -0.3 is 20.5 Å². The first-order chi connectivity index (χ1) is 12.4. The minimum absolute atomic E-state index is 0.120. The number of hydrogen-bond acceptors (Lipinski definition) is 3. The third-order valence-corrected chi connectivity index (χ3v) is 3.86. The highest BCUT2D eigenvalue weighted by Gasteiger charge is 2.10. The lowest BCUT2D eigenvalue weighted by molar-refractivity contribution is 0.0955. The molecule has 1 aromatic heterocycles. The van der Waals surface area contributed by atoms with Crippen LogP contribution in [-0.2, 0) is 13.1 Å². The fourth-order valence-electron chi connectivity index (χ4n) is 2.60. The van der Waals surface area contributed by atoms with Crippen LogP contribution in [0.4, 0.5) is 10.5 Å². The molecule has 7 nitrogen and oxygen atoms in total. The standard InChI is InChI=1S/C19H27N5O2/c1-5-21-18(25)15-6-7-17(14(4)8-15)23-19(26)22-10-16-9-20-12-24(16)11-13(2)3/h6-9,12-13H,5,10-11H2,1-4H3,(H,21,25)(H2,22,23,26). The number of nitrogens with one attached hydrogen (secondary N) is 3. The molecule has 0 bridgehead atoms. The van der Waals surface area contributed by atoms with E-state index in [0.717, 1.165) is 17.8 Å². The molecule has 0 aliphatic heterocycles. The smallest absolute Gasteiger partial charge is 0.319 e. The Hall–Kier alpha value is -2.83. The van der Waals surface area contributed by atoms with E-state index in [9.17, 15) is 9.59 Å². The van der Waals surface area contributed by atoms with Gasteiger partial charge in [0.05, 0.1) is 18.6 Å². The predicted octanol–water partition coefficient (Wildman–Crippen LogP) is 2.92. The Balaban J connectivity index is 1.94. The molecule has 3 N–H and O–H groups in total. The van der Waals surface area contributed by atoms with Crippen molar-refractivity contribution in [3.63, 3.8) is 0 Å². The molecule has 0 saturated carbocycles. The number of carbonyl (C=O) groups is 2. The molecule has 0 radical (unpaired) electrons. The average Bonchev–Trinajstić information content (AvgIpc) is 3.01. The molecular weight excluding hydrogens is 330 g/mol. The minimum Gasteiger partial charge on any atom is -0.352 e. The molecule has 0 unspecified atom stereocenters. The number of anilines is 1. The van der Waals surface area contributed by atoms with Gasteiger partial charge in [-0.15, -0.1) is 0 Å². The minimum atomic E-state index is -0.295. The summed E-state index contributed by atoms with van der Waals surface area (Å²) in [6.45, 7) is 9.84. The van der Waals surface area contributed by atoms with Gasteiger partial charge in [-0.25, -0.2) is 9.78 Å². The molecule has 7 heteroatoms. The second-order valence-electron chi connectivity index (χ2n) is 6.63. The van der Waals surface area contributed by atoms with E-state index in [-0.39, 0.29) is 11.9 Å². The molecule has 140 valence electrons. The van der Waals surface area contributed by atoms with Gasteiger partial charge in [-0.3, -0.25) is 4.79 Å². The summed E-state index contributed by atoms with van der Waals surface area (Å²) in [6, 6.07) is 4.91. The maximum atomic E-state index is 12.2. The van der Waals surface area contributed by atoms with Gasteiger partial charge >= 0.3 is 6.03 Å². The Morgan fingerprint density at radius 3 is 2.65 bits per heavy atom. The summed E-state index contributed by atoms with van der Waals surface area (Å²) in [4.78, 5) is 28.2. The van der Waals surface area contributed by atoms with Crippen LogP contribution in [0.25, 0.3) is 0 Å². The van der Waals surface area contributed by atoms with Gasteiger partial charge in [0.1, 0.15) is 0 Å². The predicted molar refractivity (Wildman–Crippen MR) is 102 cm³/mol. The highest BCUT2D eigenvalue weighted by Crippen LogP contribution is 2.16. The quantitative estimate of drug-likeness (QED) is 0.712. The Bertz CT molecular complexity index is 767. The van der Waals surface area contributed by atoms with Gasteiger partial charge in [-0.1, -0.05) is 13.8 Å². The average molecular weight is 357 g/mol. The summed E-state index contributed by atoms with van der Waals surface area (Å²) < 4.78 is 2.04. The summed E-state index contributed by atoms with van der Waals surface area (Å²) >= 11 is 0. The van der Waals surface area contributed by atoms with Crippen LogP contribution in [0.15, 0.2) is 30.7 Å². The number of aromatic nitrogens is 2. The zero-order valence-electron chi connectivity index (χ0n) is 15.8. The Morgan fingerprint density at radius 1 is 1.23 bits per heavy atom. The van der Waals surface area contributed by atoms with Gasteiger partial charge in [-0.2, -0.15) is 0 Å². The van der Waals surface area contributed by atoms with Crippen LogP contribution in [0, 0.1) is 12.8 Å². The first kappa shape index (κ1) is 19.5. The number of rotatable bonds is 7. The molecule has 0 spiro atoms. The van der Waals surface area contributed by atoms with Crippen LogP contribution < -0.4 is 16.0 Å². The van der Waals surface area contributed by atoms with Crippen molar-refractivity contribution < 1.29 is 9.59 Å². The molecule has 1 heterocycles. The fourth-order valence-corrected chi connectivity index (χ4v) is 2.60. The van der Waals surface area contributed by atoms with Crippen molar-refractivity contribution >= 4 is 17.6 Å². The SMILES string of the molecule is CCNC(=O)c1ccc(NC(=O)NCc2cncn2CC(C)C)c(C)c1. The number of amides is 3. The van der Waals surface area contributed by atoms with Crippen molar-refractivity contribution in [2.24, 2.45) is 5.92 Å². The molecule has 0 aliphatic rings. The van der Waals surface area contributed by atoms with Crippen molar-refractivity contribution in [3.05, 3.63) is 47.5 Å². The first-order valence-corrected chi connectivity index (χ1v) is 8.83. The number of urea groups is 1. The van der Waals surface area contributed by atoms with Crippen molar-refractivity contribution in [1.29, 1.82) is 0 Å². The van der Waals surface area contributed by atoms with Crippen molar-refractivity contribution in [2.45, 2.75) is 40.8 Å². The number of aryl methyl sites for hydroxylation is 1. The van der Waals surface area contributed by atoms with Crippen LogP contribution in [0.1, 0.15) is 42.4 Å². The second-order valence-corrected chi connectivity index (χ2v) is 6.63. The van der Waals surface area contributed by atoms with Gasteiger partial charge in [0.25, 0.3) is 5.91 Å². The maximum Gasteiger partial charge on any atom is 0.319 e. The third kappa shape index (κ3) is 5.34. The molecule has 0 aliphatic carbocycles. The highest BCUT2D eigenvalue weighted by atomic mass is 16.2. The second kappa shape index (κ2) is 9.03. The number of imidazole rings is 1. The van der Waals surface area contributed by atoms with Gasteiger partial charge in [0.15, 0.2) is 0 Å². The molecule has 0 saturated heterocycles. The molecular formula is C19H27N5O2. The zero-order valence-corrected chi connectivity index (χ0v) is 15.8. The van der Waals surface area contributed by atoms with Crippen molar-refractivity contribution in [2.75, 3.05) is 11.9 Å². The zero-order chi connectivity index (χ0) is 19.1. The van der Waals surface area contributed by atoms with E-state index in [1.165, 1.54) is 0 Å². The highest BCUT2D eigenvalue weighted by molar-refractivity contribution is 5.96. The molecule has 3 amide bonds. The van der Waals surface area contributed by atoms with E-state index in [1.807, 2.05) is 18.4 Å². The van der Waals surface area contributed by atoms with Crippen LogP contribution in [0.5, 0.6) is 0 Å². The fraction of sp³-hybridized carbons (Fsp3) is 0.421. The Labute approximate surface area is 154 Å². The Kier molecular flexibility index (Phi) is 6.77. The van der Waals surface area contributed by atoms with Gasteiger partial charge in [-0.05, 0) is 43.5 Å². The molecule has 1 aromatic carbocycles. The van der Waals surface area contributed by atoms with Gasteiger partial charge in [0, 0.05) is 30.5 Å². The first-order valence-electron chi connectivity index (χ1n) is 8.83. The van der Waals surface area contributed by atoms with Gasteiger partial charge in [0.2, 0.25) is 0 Å². The van der Waals surface area contributed by atoms with E-state index >= 15 is 0 Å². The van der Waals surface area contributed by atoms with E-state index in [4.69, 9.17) is 0 Å². The monoisotopic (exact) mass is 357 g/mol. The number of hydrogen-bond donors (Lipinski definition) is 3. The number of benzene rings is 1. The van der Waals surface area contributed by atoms with Crippen LogP contribution in [0.2, 0.25) is 0 Å². The van der Waals surface area contributed by atoms with Crippen molar-refractivity contribution in [1.82, 2.24) is 20.2 Å². The number of carbonyl (C=O) groups excluding carboxylic acids is 2. The van der Waals surface area contributed by atoms with Crippen LogP contribution >= 0.6 is 0 Å². The van der Waals surface area contributed by atoms with E-state index in [2.05, 4.69) is 34.8 Å². The lowest BCUT2D eigenvalue weighted by Gasteiger charge is -2.13. The third-order valence-electron chi connectivity index (χ3n) is 3.86. The summed E-state index contributed by atoms with van der Waals surface area (Å²) in [5.41, 5.74) is 3.03. The summed E-state index contributed by atoms with van der Waals surface area (Å²) in [6.07, 6.45) is 3.54. The summed E-state index contributed by atoms with van der Waals surface area (Å²) in [5, 5.41) is 8.42. The molecule has 26 heavy (non-hydrogen) atoms. The maximum absolute atomic E-state index is 12.2. The summed E-state index contributed by atoms with van der Waals surface area (Å²) in [7, 11) is 0. The number of nitrogens with zero attached hydrogens (tertiary/aromatic N) is 2. The molecule has 2 aromatic rings. The lowest BCUT2D eigenvalue weighted by Crippen LogP contribution is -2.29. The molecule has 0 fully saturated rings. The summed E-state index contributed by atoms with van der Waals surface area (Å²) in [5.74, 6) is 0.382. The van der Waals surface area contributed by atoms with Crippen molar-refractivity contribution in [3.8, 4) is 0 Å². The molecule has 2 rings (SSSR count). The molecule has 0 atom stereocenters. The van der Waals surface area contributed by atoms with E-state index in [0.29, 0.717) is 30.3 Å². The topological polar surface area (TPSA) is 88.1 Å². The van der Waals surface area contributed by atoms with E-state index in [1.54, 1.807) is 30.7 Å². The van der Waals surface area contributed by atoms with Crippen LogP contribution in [0.3, 0.4) is 0 Å². The largest absolute Gasteiger partial charge is 0.352 e. The normalized spacial score (nSPS) is 10.7. The Morgan fingerprint density at radius 2 is 2.00 bits per heavy atom.